The molecule has 2 N–H and O–H groups in total. The van der Waals surface area contributed by atoms with Crippen LogP contribution >= 0.6 is 0 Å². The molecule has 0 bridgehead atoms. The van der Waals surface area contributed by atoms with E-state index in [1.807, 2.05) is 0 Å². The summed E-state index contributed by atoms with van der Waals surface area (Å²) in [6.45, 7) is -0.418. The molecule has 0 aromatic heterocycles. The van der Waals surface area contributed by atoms with Crippen LogP contribution in [0.5, 0.6) is 0 Å². The number of carboxylic acids is 1. The number of hydrogen-bond donors (Lipinski definition) is 2. The van der Waals surface area contributed by atoms with Crippen LogP contribution < -0.4 is 5.32 Å². The summed E-state index contributed by atoms with van der Waals surface area (Å²) in [5, 5.41) is 11.0. The van der Waals surface area contributed by atoms with Crippen LogP contribution in [0.3, 0.4) is 0 Å². The Morgan fingerprint density at radius 3 is 2.83 bits per heavy atom. The van der Waals surface area contributed by atoms with Gasteiger partial charge in [0.25, 0.3) is 0 Å². The normalized spacial score (nSPS) is 18.9. The number of carboxylic acid groups (broad SMARTS) is 1. The molecule has 1 fully saturated rings. The molecule has 1 unspecified atom stereocenters. The second-order valence-electron chi connectivity index (χ2n) is 3.94. The Bertz CT molecular complexity index is 507. The van der Waals surface area contributed by atoms with Crippen molar-refractivity contribution in [2.75, 3.05) is 13.1 Å². The first-order valence-corrected chi connectivity index (χ1v) is 5.19. The van der Waals surface area contributed by atoms with Crippen molar-refractivity contribution in [1.82, 2.24) is 10.2 Å². The van der Waals surface area contributed by atoms with Crippen LogP contribution in [0.1, 0.15) is 11.6 Å². The number of nitrogens with one attached hydrogen (secondary N) is 1. The predicted molar refractivity (Wildman–Crippen MR) is 56.8 cm³/mol. The number of urea groups is 1. The zero-order chi connectivity index (χ0) is 13.3. The quantitative estimate of drug-likeness (QED) is 0.851. The van der Waals surface area contributed by atoms with Gasteiger partial charge in [-0.2, -0.15) is 0 Å². The van der Waals surface area contributed by atoms with Crippen molar-refractivity contribution in [2.24, 2.45) is 0 Å². The average Bonchev–Trinajstić information content (AvgIpc) is 2.59. The molecule has 1 aliphatic rings. The molecule has 0 spiro atoms. The minimum absolute atomic E-state index is 0.0354. The lowest BCUT2D eigenvalue weighted by molar-refractivity contribution is -0.137. The topological polar surface area (TPSA) is 69.6 Å². The largest absolute Gasteiger partial charge is 0.480 e. The molecule has 0 radical (unpaired) electrons. The molecule has 1 atom stereocenters. The van der Waals surface area contributed by atoms with Gasteiger partial charge >= 0.3 is 12.0 Å². The first-order valence-electron chi connectivity index (χ1n) is 5.19. The minimum Gasteiger partial charge on any atom is -0.480 e. The number of aliphatic carboxylic acids is 1. The molecule has 1 aromatic carbocycles. The molecule has 1 heterocycles. The summed E-state index contributed by atoms with van der Waals surface area (Å²) < 4.78 is 26.2. The SMILES string of the molecule is O=C(O)CN1CC(c2ccc(F)cc2F)NC1=O. The van der Waals surface area contributed by atoms with Crippen LogP contribution in [0.2, 0.25) is 0 Å². The Morgan fingerprint density at radius 2 is 2.22 bits per heavy atom. The molecule has 1 saturated heterocycles. The van der Waals surface area contributed by atoms with E-state index in [9.17, 15) is 18.4 Å². The van der Waals surface area contributed by atoms with Crippen molar-refractivity contribution in [1.29, 1.82) is 0 Å². The molecule has 1 aliphatic heterocycles. The van der Waals surface area contributed by atoms with E-state index in [0.29, 0.717) is 0 Å². The van der Waals surface area contributed by atoms with E-state index >= 15 is 0 Å². The molecule has 1 aromatic rings. The zero-order valence-electron chi connectivity index (χ0n) is 9.19. The van der Waals surface area contributed by atoms with Gasteiger partial charge in [0, 0.05) is 18.2 Å². The fourth-order valence-electron chi connectivity index (χ4n) is 1.85. The third-order valence-electron chi connectivity index (χ3n) is 2.65. The van der Waals surface area contributed by atoms with E-state index < -0.39 is 36.2 Å². The van der Waals surface area contributed by atoms with Gasteiger partial charge in [0.1, 0.15) is 18.2 Å². The van der Waals surface area contributed by atoms with E-state index in [0.717, 1.165) is 17.0 Å². The van der Waals surface area contributed by atoms with Gasteiger partial charge in [-0.1, -0.05) is 6.07 Å². The molecular formula is C11H10F2N2O3. The van der Waals surface area contributed by atoms with Crippen LogP contribution in [0.15, 0.2) is 18.2 Å². The van der Waals surface area contributed by atoms with Gasteiger partial charge in [0.05, 0.1) is 6.04 Å². The highest BCUT2D eigenvalue weighted by atomic mass is 19.1. The molecule has 2 amide bonds. The Balaban J connectivity index is 2.16. The van der Waals surface area contributed by atoms with E-state index in [2.05, 4.69) is 5.32 Å². The van der Waals surface area contributed by atoms with Gasteiger partial charge in [-0.05, 0) is 6.07 Å². The Hall–Kier alpha value is -2.18. The smallest absolute Gasteiger partial charge is 0.323 e. The number of carbonyl (C=O) groups excluding carboxylic acids is 1. The minimum atomic E-state index is -1.15. The summed E-state index contributed by atoms with van der Waals surface area (Å²) in [5.41, 5.74) is 0.137. The van der Waals surface area contributed by atoms with Gasteiger partial charge in [-0.25, -0.2) is 13.6 Å². The molecule has 0 aliphatic carbocycles. The molecular weight excluding hydrogens is 246 g/mol. The fourth-order valence-corrected chi connectivity index (χ4v) is 1.85. The van der Waals surface area contributed by atoms with Crippen LogP contribution in [0.4, 0.5) is 13.6 Å². The first kappa shape index (κ1) is 12.3. The van der Waals surface area contributed by atoms with Crippen molar-refractivity contribution in [3.8, 4) is 0 Å². The number of amides is 2. The van der Waals surface area contributed by atoms with E-state index in [1.54, 1.807) is 0 Å². The second kappa shape index (κ2) is 4.59. The van der Waals surface area contributed by atoms with Crippen LogP contribution in [-0.2, 0) is 4.79 Å². The monoisotopic (exact) mass is 256 g/mol. The summed E-state index contributed by atoms with van der Waals surface area (Å²) in [6, 6.07) is 1.80. The first-order chi connectivity index (χ1) is 8.47. The predicted octanol–water partition coefficient (Wildman–Crippen LogP) is 1.12. The second-order valence-corrected chi connectivity index (χ2v) is 3.94. The highest BCUT2D eigenvalue weighted by Gasteiger charge is 2.32. The number of rotatable bonds is 3. The van der Waals surface area contributed by atoms with E-state index in [1.165, 1.54) is 6.07 Å². The van der Waals surface area contributed by atoms with Crippen LogP contribution in [0.25, 0.3) is 0 Å². The average molecular weight is 256 g/mol. The van der Waals surface area contributed by atoms with Crippen molar-refractivity contribution in [3.05, 3.63) is 35.4 Å². The fraction of sp³-hybridized carbons (Fsp3) is 0.273. The highest BCUT2D eigenvalue weighted by molar-refractivity contribution is 5.82. The maximum Gasteiger partial charge on any atom is 0.323 e. The highest BCUT2D eigenvalue weighted by Crippen LogP contribution is 2.23. The van der Waals surface area contributed by atoms with Gasteiger partial charge in [0.15, 0.2) is 0 Å². The van der Waals surface area contributed by atoms with Crippen molar-refractivity contribution >= 4 is 12.0 Å². The van der Waals surface area contributed by atoms with E-state index in [-0.39, 0.29) is 12.1 Å². The van der Waals surface area contributed by atoms with E-state index in [4.69, 9.17) is 5.11 Å². The van der Waals surface area contributed by atoms with Gasteiger partial charge < -0.3 is 15.3 Å². The third-order valence-corrected chi connectivity index (χ3v) is 2.65. The number of halogens is 2. The summed E-state index contributed by atoms with van der Waals surface area (Å²) in [4.78, 5) is 23.0. The van der Waals surface area contributed by atoms with Crippen LogP contribution in [0, 0.1) is 11.6 Å². The third kappa shape index (κ3) is 2.39. The van der Waals surface area contributed by atoms with Crippen LogP contribution in [-0.4, -0.2) is 35.1 Å². The van der Waals surface area contributed by atoms with Crippen molar-refractivity contribution < 1.29 is 23.5 Å². The van der Waals surface area contributed by atoms with Gasteiger partial charge in [-0.15, -0.1) is 0 Å². The Labute approximate surface area is 101 Å². The van der Waals surface area contributed by atoms with Crippen molar-refractivity contribution in [2.45, 2.75) is 6.04 Å². The lowest BCUT2D eigenvalue weighted by atomic mass is 10.1. The summed E-state index contributed by atoms with van der Waals surface area (Å²) in [5.74, 6) is -2.62. The Morgan fingerprint density at radius 1 is 1.50 bits per heavy atom. The van der Waals surface area contributed by atoms with Gasteiger partial charge in [0.2, 0.25) is 0 Å². The maximum atomic E-state index is 13.5. The molecule has 2 rings (SSSR count). The lowest BCUT2D eigenvalue weighted by Crippen LogP contribution is -2.32. The summed E-state index contributed by atoms with van der Waals surface area (Å²) in [7, 11) is 0. The zero-order valence-corrected chi connectivity index (χ0v) is 9.19. The summed E-state index contributed by atoms with van der Waals surface area (Å²) in [6.07, 6.45) is 0. The molecule has 96 valence electrons. The maximum absolute atomic E-state index is 13.5. The standard InChI is InChI=1S/C11H10F2N2O3/c12-6-1-2-7(8(13)3-6)9-4-15(5-10(16)17)11(18)14-9/h1-3,9H,4-5H2,(H,14,18)(H,16,17). The number of benzene rings is 1. The van der Waals surface area contributed by atoms with Gasteiger partial charge in [-0.3, -0.25) is 4.79 Å². The number of nitrogens with zero attached hydrogens (tertiary/aromatic N) is 1. The lowest BCUT2D eigenvalue weighted by Gasteiger charge is -2.12. The number of carbonyl (C=O) groups is 2. The molecule has 5 nitrogen and oxygen atoms in total. The number of hydrogen-bond acceptors (Lipinski definition) is 2. The molecule has 7 heteroatoms. The Kier molecular flexibility index (Phi) is 3.14. The van der Waals surface area contributed by atoms with Crippen molar-refractivity contribution in [3.63, 3.8) is 0 Å². The molecule has 0 saturated carbocycles. The summed E-state index contributed by atoms with van der Waals surface area (Å²) >= 11 is 0. The molecule has 18 heavy (non-hydrogen) atoms.